The third kappa shape index (κ3) is 8.32. The first kappa shape index (κ1) is 37.6. The Morgan fingerprint density at radius 3 is 1.28 bits per heavy atom. The van der Waals surface area contributed by atoms with Crippen molar-refractivity contribution >= 4 is 191 Å². The Hall–Kier alpha value is 1.75. The number of alkyl halides is 4. The van der Waals surface area contributed by atoms with Gasteiger partial charge in [-0.3, -0.25) is 0 Å². The molecule has 4 aromatic carbocycles. The lowest BCUT2D eigenvalue weighted by Crippen LogP contribution is -2.09. The quantitative estimate of drug-likeness (QED) is 0.133. The van der Waals surface area contributed by atoms with Crippen LogP contribution in [0.1, 0.15) is 12.8 Å². The molecule has 0 bridgehead atoms. The van der Waals surface area contributed by atoms with Crippen LogP contribution >= 0.6 is 159 Å². The summed E-state index contributed by atoms with van der Waals surface area (Å²) in [6, 6.07) is 10.4. The minimum absolute atomic E-state index is 0.147. The molecule has 2 atom stereocenters. The first-order valence-electron chi connectivity index (χ1n) is 12.4. The molecule has 0 aliphatic heterocycles. The van der Waals surface area contributed by atoms with Crippen LogP contribution in [0, 0.1) is 0 Å². The second-order valence-corrected chi connectivity index (χ2v) is 20.1. The van der Waals surface area contributed by atoms with Gasteiger partial charge in [0.05, 0.1) is 32.0 Å². The minimum Gasteiger partial charge on any atom is -0.492 e. The van der Waals surface area contributed by atoms with Gasteiger partial charge in [-0.15, -0.1) is 0 Å². The third-order valence-corrected chi connectivity index (χ3v) is 16.8. The molecule has 0 heterocycles. The van der Waals surface area contributed by atoms with Gasteiger partial charge >= 0.3 is 0 Å². The largest absolute Gasteiger partial charge is 0.492 e. The van der Waals surface area contributed by atoms with E-state index in [4.69, 9.17) is 9.47 Å². The highest BCUT2D eigenvalue weighted by molar-refractivity contribution is 9.13. The number of ether oxygens (including phenoxy) is 2. The van der Waals surface area contributed by atoms with Gasteiger partial charge in [-0.05, 0) is 81.1 Å². The molecular weight excluding hydrogens is 1230 g/mol. The zero-order valence-corrected chi connectivity index (χ0v) is 38.4. The molecule has 0 aliphatic rings. The third-order valence-electron chi connectivity index (χ3n) is 6.37. The molecule has 0 aliphatic carbocycles. The lowest BCUT2D eigenvalue weighted by molar-refractivity contribution is 0.314. The van der Waals surface area contributed by atoms with E-state index >= 15 is 0 Å². The van der Waals surface area contributed by atoms with Crippen molar-refractivity contribution in [2.24, 2.45) is 0 Å². The average molecular weight is 1250 g/mol. The Balaban J connectivity index is 1.94. The molecule has 43 heavy (non-hydrogen) atoms. The highest BCUT2D eigenvalue weighted by Gasteiger charge is 2.29. The van der Waals surface area contributed by atoms with Crippen LogP contribution in [-0.2, 0) is 9.84 Å². The molecule has 0 saturated carbocycles. The van der Waals surface area contributed by atoms with Gasteiger partial charge in [-0.1, -0.05) is 127 Å². The number of hydrogen-bond donors (Lipinski definition) is 0. The van der Waals surface area contributed by atoms with E-state index in [1.165, 1.54) is 0 Å². The maximum atomic E-state index is 14.7. The van der Waals surface area contributed by atoms with Crippen molar-refractivity contribution in [3.8, 4) is 11.5 Å². The van der Waals surface area contributed by atoms with Gasteiger partial charge in [0.15, 0.2) is 0 Å². The van der Waals surface area contributed by atoms with E-state index < -0.39 is 9.84 Å². The lowest BCUT2D eigenvalue weighted by atomic mass is 10.1. The van der Waals surface area contributed by atoms with Crippen LogP contribution in [0.15, 0.2) is 73.0 Å². The molecule has 4 rings (SSSR count). The number of fused-ring (bicyclic) bond motifs is 2. The Morgan fingerprint density at radius 1 is 0.558 bits per heavy atom. The monoisotopic (exact) mass is 1240 g/mol. The highest BCUT2D eigenvalue weighted by atomic mass is 79.9. The van der Waals surface area contributed by atoms with Crippen molar-refractivity contribution < 1.29 is 17.9 Å². The molecule has 0 N–H and O–H groups in total. The SMILES string of the molecule is O=S(=O)(c1ccc(Br)c2c(OCCC(Br)CBr)c(Br)cc(Br)c12)c1ccc(Br)c2c(OCCC(Br)CBr)c(Br)cc(Br)c12. The van der Waals surface area contributed by atoms with Crippen LogP contribution < -0.4 is 9.47 Å². The van der Waals surface area contributed by atoms with E-state index in [9.17, 15) is 8.42 Å². The Bertz CT molecular complexity index is 1660. The van der Waals surface area contributed by atoms with Crippen LogP contribution in [0.25, 0.3) is 21.5 Å². The molecule has 2 unspecified atom stereocenters. The lowest BCUT2D eigenvalue weighted by Gasteiger charge is -2.19. The molecule has 0 radical (unpaired) electrons. The summed E-state index contributed by atoms with van der Waals surface area (Å²) in [6.07, 6.45) is 1.52. The van der Waals surface area contributed by atoms with E-state index in [0.717, 1.165) is 23.5 Å². The smallest absolute Gasteiger partial charge is 0.207 e. The fourth-order valence-electron chi connectivity index (χ4n) is 4.35. The highest BCUT2D eigenvalue weighted by Crippen LogP contribution is 2.49. The summed E-state index contributed by atoms with van der Waals surface area (Å²) in [7, 11) is -4.08. The Labute approximate surface area is 334 Å². The van der Waals surface area contributed by atoms with Crippen LogP contribution in [0.2, 0.25) is 0 Å². The summed E-state index contributed by atoms with van der Waals surface area (Å²) in [4.78, 5) is 0.787. The second kappa shape index (κ2) is 16.4. The van der Waals surface area contributed by atoms with E-state index in [1.807, 2.05) is 12.1 Å². The summed E-state index contributed by atoms with van der Waals surface area (Å²) < 4.78 is 45.9. The van der Waals surface area contributed by atoms with Gasteiger partial charge in [-0.2, -0.15) is 0 Å². The van der Waals surface area contributed by atoms with Gasteiger partial charge in [0.2, 0.25) is 9.84 Å². The van der Waals surface area contributed by atoms with E-state index in [0.29, 0.717) is 73.1 Å². The summed E-state index contributed by atoms with van der Waals surface area (Å²) in [5.41, 5.74) is 0. The van der Waals surface area contributed by atoms with Crippen molar-refractivity contribution in [2.45, 2.75) is 32.3 Å². The number of rotatable bonds is 12. The molecule has 4 aromatic rings. The predicted molar refractivity (Wildman–Crippen MR) is 213 cm³/mol. The minimum atomic E-state index is -4.08. The Morgan fingerprint density at radius 2 is 0.930 bits per heavy atom. The van der Waals surface area contributed by atoms with Crippen molar-refractivity contribution in [3.63, 3.8) is 0 Å². The molecule has 0 aromatic heterocycles. The normalized spacial score (nSPS) is 13.4. The second-order valence-electron chi connectivity index (χ2n) is 9.21. The standard InChI is InChI=1S/C28H20Br10O4S/c29-11-13(31)5-7-41-27-19(37)9-17(35)23-21(3-1-15(33)25(23)27)43(39,40)22-4-2-16(34)26-24(22)18(36)10-20(38)28(26)42-8-6-14(32)12-30/h1-4,9-10,13-14H,5-8,11-12H2. The van der Waals surface area contributed by atoms with Gasteiger partial charge in [0.25, 0.3) is 0 Å². The van der Waals surface area contributed by atoms with Gasteiger partial charge in [-0.25, -0.2) is 8.42 Å². The van der Waals surface area contributed by atoms with Crippen LogP contribution in [0.3, 0.4) is 0 Å². The first-order valence-corrected chi connectivity index (χ1v) is 22.8. The van der Waals surface area contributed by atoms with Crippen LogP contribution in [0.4, 0.5) is 0 Å². The fraction of sp³-hybridized carbons (Fsp3) is 0.286. The molecule has 0 saturated heterocycles. The molecule has 0 amide bonds. The average Bonchev–Trinajstić information content (AvgIpc) is 2.96. The molecular formula is C28H20Br10O4S. The van der Waals surface area contributed by atoms with Crippen LogP contribution in [0.5, 0.6) is 11.5 Å². The van der Waals surface area contributed by atoms with Crippen molar-refractivity contribution in [1.82, 2.24) is 0 Å². The molecule has 0 spiro atoms. The summed E-state index contributed by atoms with van der Waals surface area (Å²) >= 11 is 36.0. The zero-order chi connectivity index (χ0) is 31.6. The zero-order valence-electron chi connectivity index (χ0n) is 21.7. The van der Waals surface area contributed by atoms with Crippen LogP contribution in [-0.4, -0.2) is 41.9 Å². The molecule has 4 nitrogen and oxygen atoms in total. The summed E-state index contributed by atoms with van der Waals surface area (Å²) in [5, 5.41) is 3.91. The van der Waals surface area contributed by atoms with E-state index in [-0.39, 0.29) is 19.4 Å². The number of sulfone groups is 1. The van der Waals surface area contributed by atoms with Crippen molar-refractivity contribution in [2.75, 3.05) is 23.9 Å². The molecule has 15 heteroatoms. The molecule has 0 fully saturated rings. The van der Waals surface area contributed by atoms with Gasteiger partial charge in [0, 0.05) is 59.8 Å². The maximum absolute atomic E-state index is 14.7. The summed E-state index contributed by atoms with van der Waals surface area (Å²) in [5.74, 6) is 1.12. The first-order chi connectivity index (χ1) is 20.3. The number of benzene rings is 4. The van der Waals surface area contributed by atoms with Gasteiger partial charge < -0.3 is 9.47 Å². The van der Waals surface area contributed by atoms with Crippen molar-refractivity contribution in [1.29, 1.82) is 0 Å². The van der Waals surface area contributed by atoms with Gasteiger partial charge in [0.1, 0.15) is 11.5 Å². The topological polar surface area (TPSA) is 52.6 Å². The van der Waals surface area contributed by atoms with Crippen molar-refractivity contribution in [3.05, 3.63) is 63.2 Å². The molecule has 232 valence electrons. The number of halogens is 10. The fourth-order valence-corrected chi connectivity index (χ4v) is 11.3. The predicted octanol–water partition coefficient (Wildman–Crippen LogP) is 13.3. The summed E-state index contributed by atoms with van der Waals surface area (Å²) in [6.45, 7) is 0.876. The van der Waals surface area contributed by atoms with E-state index in [1.54, 1.807) is 24.3 Å². The Kier molecular flexibility index (Phi) is 14.4. The maximum Gasteiger partial charge on any atom is 0.207 e. The van der Waals surface area contributed by atoms with E-state index in [2.05, 4.69) is 159 Å². The number of hydrogen-bond acceptors (Lipinski definition) is 4.